The van der Waals surface area contributed by atoms with E-state index < -0.39 is 0 Å². The average molecular weight is 360 g/mol. The Labute approximate surface area is 138 Å². The summed E-state index contributed by atoms with van der Waals surface area (Å²) >= 11 is 3.38. The van der Waals surface area contributed by atoms with Crippen LogP contribution in [0.2, 0.25) is 0 Å². The van der Waals surface area contributed by atoms with E-state index in [1.807, 2.05) is 49.4 Å². The van der Waals surface area contributed by atoms with E-state index in [1.54, 1.807) is 12.1 Å². The summed E-state index contributed by atoms with van der Waals surface area (Å²) in [4.78, 5) is 23.9. The molecule has 0 heterocycles. The fourth-order valence-electron chi connectivity index (χ4n) is 2.14. The number of hydrogen-bond acceptors (Lipinski definition) is 2. The molecule has 0 spiro atoms. The summed E-state index contributed by atoms with van der Waals surface area (Å²) in [6, 6.07) is 16.8. The molecule has 114 valence electrons. The predicted octanol–water partition coefficient (Wildman–Crippen LogP) is 4.29. The Bertz CT molecular complexity index is 638. The number of amides is 1. The topological polar surface area (TPSA) is 46.2 Å². The van der Waals surface area contributed by atoms with Gasteiger partial charge in [0, 0.05) is 22.9 Å². The van der Waals surface area contributed by atoms with Gasteiger partial charge in [0.05, 0.1) is 6.04 Å². The molecule has 2 rings (SSSR count). The fraction of sp³-hybridized carbons (Fsp3) is 0.222. The van der Waals surface area contributed by atoms with E-state index in [-0.39, 0.29) is 30.6 Å². The van der Waals surface area contributed by atoms with Gasteiger partial charge in [0.1, 0.15) is 0 Å². The lowest BCUT2D eigenvalue weighted by Gasteiger charge is -2.14. The molecule has 1 amide bonds. The van der Waals surface area contributed by atoms with Gasteiger partial charge in [-0.2, -0.15) is 0 Å². The first-order chi connectivity index (χ1) is 10.6. The van der Waals surface area contributed by atoms with Crippen LogP contribution in [0.4, 0.5) is 0 Å². The largest absolute Gasteiger partial charge is 0.350 e. The highest BCUT2D eigenvalue weighted by Crippen LogP contribution is 2.16. The molecule has 0 aliphatic rings. The third kappa shape index (κ3) is 4.81. The Morgan fingerprint density at radius 3 is 2.27 bits per heavy atom. The van der Waals surface area contributed by atoms with Gasteiger partial charge in [-0.05, 0) is 24.6 Å². The molecule has 1 atom stereocenters. The lowest BCUT2D eigenvalue weighted by molar-refractivity contribution is -0.121. The molecule has 0 saturated heterocycles. The Kier molecular flexibility index (Phi) is 5.90. The van der Waals surface area contributed by atoms with E-state index in [9.17, 15) is 9.59 Å². The standard InChI is InChI=1S/C18H18BrNO2/c1-13(14-7-9-16(19)10-8-14)20-18(22)12-11-17(21)15-5-3-2-4-6-15/h2-10,13H,11-12H2,1H3,(H,20,22)/t13-/m1/s1. The van der Waals surface area contributed by atoms with Crippen LogP contribution in [0, 0.1) is 0 Å². The van der Waals surface area contributed by atoms with Crippen LogP contribution in [0.5, 0.6) is 0 Å². The summed E-state index contributed by atoms with van der Waals surface area (Å²) in [7, 11) is 0. The number of carbonyl (C=O) groups excluding carboxylic acids is 2. The number of rotatable bonds is 6. The minimum atomic E-state index is -0.111. The van der Waals surface area contributed by atoms with E-state index in [4.69, 9.17) is 0 Å². The van der Waals surface area contributed by atoms with Crippen LogP contribution < -0.4 is 5.32 Å². The first-order valence-electron chi connectivity index (χ1n) is 7.19. The molecule has 0 saturated carbocycles. The van der Waals surface area contributed by atoms with Crippen LogP contribution in [-0.2, 0) is 4.79 Å². The van der Waals surface area contributed by atoms with Gasteiger partial charge in [-0.25, -0.2) is 0 Å². The molecule has 2 aromatic carbocycles. The van der Waals surface area contributed by atoms with Gasteiger partial charge in [0.15, 0.2) is 5.78 Å². The lowest BCUT2D eigenvalue weighted by atomic mass is 10.1. The summed E-state index contributed by atoms with van der Waals surface area (Å²) in [5.74, 6) is -0.119. The van der Waals surface area contributed by atoms with Crippen molar-refractivity contribution >= 4 is 27.6 Å². The normalized spacial score (nSPS) is 11.7. The molecule has 0 fully saturated rings. The minimum absolute atomic E-state index is 0.00737. The average Bonchev–Trinajstić information content (AvgIpc) is 2.54. The van der Waals surface area contributed by atoms with Gasteiger partial charge in [-0.3, -0.25) is 9.59 Å². The van der Waals surface area contributed by atoms with Crippen molar-refractivity contribution in [1.29, 1.82) is 0 Å². The van der Waals surface area contributed by atoms with Crippen molar-refractivity contribution < 1.29 is 9.59 Å². The molecule has 2 aromatic rings. The molecular weight excluding hydrogens is 342 g/mol. The smallest absolute Gasteiger partial charge is 0.220 e. The highest BCUT2D eigenvalue weighted by atomic mass is 79.9. The molecule has 0 aliphatic carbocycles. The molecule has 0 bridgehead atoms. The van der Waals surface area contributed by atoms with Crippen LogP contribution in [0.3, 0.4) is 0 Å². The quantitative estimate of drug-likeness (QED) is 0.782. The zero-order valence-corrected chi connectivity index (χ0v) is 14.0. The van der Waals surface area contributed by atoms with E-state index in [2.05, 4.69) is 21.2 Å². The highest BCUT2D eigenvalue weighted by molar-refractivity contribution is 9.10. The summed E-state index contributed by atoms with van der Waals surface area (Å²) < 4.78 is 1.00. The summed E-state index contributed by atoms with van der Waals surface area (Å²) in [6.45, 7) is 1.93. The van der Waals surface area contributed by atoms with Crippen molar-refractivity contribution in [3.63, 3.8) is 0 Å². The van der Waals surface area contributed by atoms with Crippen molar-refractivity contribution in [2.45, 2.75) is 25.8 Å². The van der Waals surface area contributed by atoms with E-state index >= 15 is 0 Å². The lowest BCUT2D eigenvalue weighted by Crippen LogP contribution is -2.26. The number of ketones is 1. The monoisotopic (exact) mass is 359 g/mol. The van der Waals surface area contributed by atoms with Gasteiger partial charge >= 0.3 is 0 Å². The van der Waals surface area contributed by atoms with Crippen LogP contribution in [-0.4, -0.2) is 11.7 Å². The Morgan fingerprint density at radius 1 is 1.00 bits per heavy atom. The first kappa shape index (κ1) is 16.4. The fourth-order valence-corrected chi connectivity index (χ4v) is 2.41. The van der Waals surface area contributed by atoms with Crippen LogP contribution in [0.1, 0.15) is 41.7 Å². The number of nitrogens with one attached hydrogen (secondary N) is 1. The van der Waals surface area contributed by atoms with Crippen LogP contribution >= 0.6 is 15.9 Å². The van der Waals surface area contributed by atoms with Crippen molar-refractivity contribution in [3.8, 4) is 0 Å². The molecule has 0 unspecified atom stereocenters. The zero-order valence-electron chi connectivity index (χ0n) is 12.4. The second kappa shape index (κ2) is 7.90. The van der Waals surface area contributed by atoms with E-state index in [0.717, 1.165) is 10.0 Å². The molecule has 1 N–H and O–H groups in total. The Morgan fingerprint density at radius 2 is 1.64 bits per heavy atom. The minimum Gasteiger partial charge on any atom is -0.350 e. The number of Topliss-reactive ketones (excluding diaryl/α,β-unsaturated/α-hetero) is 1. The maximum absolute atomic E-state index is 12.0. The van der Waals surface area contributed by atoms with Gasteiger partial charge in [-0.15, -0.1) is 0 Å². The molecular formula is C18H18BrNO2. The van der Waals surface area contributed by atoms with E-state index in [1.165, 1.54) is 0 Å². The van der Waals surface area contributed by atoms with Crippen LogP contribution in [0.15, 0.2) is 59.1 Å². The van der Waals surface area contributed by atoms with Crippen LogP contribution in [0.25, 0.3) is 0 Å². The predicted molar refractivity (Wildman–Crippen MR) is 90.7 cm³/mol. The number of benzene rings is 2. The number of halogens is 1. The second-order valence-electron chi connectivity index (χ2n) is 5.13. The van der Waals surface area contributed by atoms with Crippen molar-refractivity contribution in [1.82, 2.24) is 5.32 Å². The van der Waals surface area contributed by atoms with Gasteiger partial charge < -0.3 is 5.32 Å². The van der Waals surface area contributed by atoms with Crippen molar-refractivity contribution in [3.05, 3.63) is 70.2 Å². The third-order valence-corrected chi connectivity index (χ3v) is 3.95. The highest BCUT2D eigenvalue weighted by Gasteiger charge is 2.12. The van der Waals surface area contributed by atoms with Gasteiger partial charge in [-0.1, -0.05) is 58.4 Å². The zero-order chi connectivity index (χ0) is 15.9. The van der Waals surface area contributed by atoms with Crippen molar-refractivity contribution in [2.75, 3.05) is 0 Å². The molecule has 4 heteroatoms. The SMILES string of the molecule is C[C@@H](NC(=O)CCC(=O)c1ccccc1)c1ccc(Br)cc1. The molecule has 22 heavy (non-hydrogen) atoms. The maximum Gasteiger partial charge on any atom is 0.220 e. The van der Waals surface area contributed by atoms with Crippen molar-refractivity contribution in [2.24, 2.45) is 0 Å². The maximum atomic E-state index is 12.0. The van der Waals surface area contributed by atoms with Gasteiger partial charge in [0.25, 0.3) is 0 Å². The Hall–Kier alpha value is -1.94. The summed E-state index contributed by atoms with van der Waals surface area (Å²) in [5.41, 5.74) is 1.68. The molecule has 0 aromatic heterocycles. The second-order valence-corrected chi connectivity index (χ2v) is 6.05. The Balaban J connectivity index is 1.83. The summed E-state index contributed by atoms with van der Waals surface area (Å²) in [5, 5.41) is 2.92. The van der Waals surface area contributed by atoms with E-state index in [0.29, 0.717) is 5.56 Å². The molecule has 0 radical (unpaired) electrons. The number of carbonyl (C=O) groups is 2. The summed E-state index contributed by atoms with van der Waals surface area (Å²) in [6.07, 6.45) is 0.428. The third-order valence-electron chi connectivity index (χ3n) is 3.42. The molecule has 3 nitrogen and oxygen atoms in total. The number of hydrogen-bond donors (Lipinski definition) is 1. The van der Waals surface area contributed by atoms with Gasteiger partial charge in [0.2, 0.25) is 5.91 Å². The first-order valence-corrected chi connectivity index (χ1v) is 7.98. The molecule has 0 aliphatic heterocycles.